The summed E-state index contributed by atoms with van der Waals surface area (Å²) in [6.07, 6.45) is 0.321. The maximum absolute atomic E-state index is 14.7. The van der Waals surface area contributed by atoms with Crippen molar-refractivity contribution >= 4 is 29.1 Å². The van der Waals surface area contributed by atoms with Gasteiger partial charge in [-0.2, -0.15) is 5.10 Å². The van der Waals surface area contributed by atoms with Crippen LogP contribution in [0.4, 0.5) is 10.1 Å². The van der Waals surface area contributed by atoms with E-state index in [4.69, 9.17) is 11.6 Å². The molecule has 1 aromatic heterocycles. The number of anilines is 1. The highest BCUT2D eigenvalue weighted by Gasteiger charge is 2.34. The fraction of sp³-hybridized carbons (Fsp3) is 0.280. The number of amides is 2. The van der Waals surface area contributed by atoms with Crippen LogP contribution in [0.15, 0.2) is 47.3 Å². The molecule has 0 aliphatic carbocycles. The van der Waals surface area contributed by atoms with Crippen LogP contribution in [0.2, 0.25) is 5.02 Å². The van der Waals surface area contributed by atoms with Crippen LogP contribution >= 0.6 is 11.6 Å². The van der Waals surface area contributed by atoms with Gasteiger partial charge in [0.2, 0.25) is 5.91 Å². The lowest BCUT2D eigenvalue weighted by Gasteiger charge is -2.39. The number of hydrogen-bond acceptors (Lipinski definition) is 4. The van der Waals surface area contributed by atoms with Crippen LogP contribution < -0.4 is 10.5 Å². The van der Waals surface area contributed by atoms with Crippen LogP contribution in [0, 0.1) is 19.7 Å². The third-order valence-corrected chi connectivity index (χ3v) is 6.39. The molecule has 1 fully saturated rings. The van der Waals surface area contributed by atoms with E-state index in [1.807, 2.05) is 6.92 Å². The number of rotatable bonds is 4. The molecule has 2 amide bonds. The number of aromatic amines is 1. The van der Waals surface area contributed by atoms with Crippen molar-refractivity contribution in [3.8, 4) is 0 Å². The summed E-state index contributed by atoms with van der Waals surface area (Å²) in [4.78, 5) is 40.8. The zero-order valence-corrected chi connectivity index (χ0v) is 19.8. The molecule has 1 saturated heterocycles. The number of H-pyrrole nitrogens is 1. The normalized spacial score (nSPS) is 16.1. The lowest BCUT2D eigenvalue weighted by molar-refractivity contribution is -0.121. The highest BCUT2D eigenvalue weighted by Crippen LogP contribution is 2.26. The van der Waals surface area contributed by atoms with Crippen LogP contribution in [-0.2, 0) is 11.2 Å². The van der Waals surface area contributed by atoms with E-state index in [0.29, 0.717) is 34.0 Å². The second-order valence-electron chi connectivity index (χ2n) is 8.52. The van der Waals surface area contributed by atoms with E-state index < -0.39 is 11.7 Å². The highest BCUT2D eigenvalue weighted by molar-refractivity contribution is 6.31. The van der Waals surface area contributed by atoms with Crippen molar-refractivity contribution in [3.63, 3.8) is 0 Å². The number of aromatic nitrogens is 2. The monoisotopic (exact) mass is 482 g/mol. The molecule has 176 valence electrons. The molecule has 0 spiro atoms. The number of carbonyl (C=O) groups excluding carboxylic acids is 2. The summed E-state index contributed by atoms with van der Waals surface area (Å²) in [5, 5.41) is 7.06. The van der Waals surface area contributed by atoms with E-state index in [-0.39, 0.29) is 36.2 Å². The second kappa shape index (κ2) is 9.38. The number of piperazine rings is 1. The standard InChI is InChI=1S/C25H24ClFN4O3/c1-14-12-30(13-23(32)31(14)19-6-4-5-18(26)11-19)25(34)20-9-17(7-8-21(20)27)10-22-15(2)16(3)24(33)29-28-22/h4-9,11,14H,10,12-13H2,1-3H3,(H,29,33)/t14-/m1/s1. The van der Waals surface area contributed by atoms with Gasteiger partial charge in [0.1, 0.15) is 12.4 Å². The number of nitrogens with zero attached hydrogens (tertiary/aromatic N) is 3. The third kappa shape index (κ3) is 4.59. The minimum Gasteiger partial charge on any atom is -0.327 e. The largest absolute Gasteiger partial charge is 0.327 e. The van der Waals surface area contributed by atoms with Gasteiger partial charge in [-0.15, -0.1) is 0 Å². The number of nitrogens with one attached hydrogen (secondary N) is 1. The first-order chi connectivity index (χ1) is 16.2. The van der Waals surface area contributed by atoms with Crippen molar-refractivity contribution in [1.82, 2.24) is 15.1 Å². The molecule has 34 heavy (non-hydrogen) atoms. The lowest BCUT2D eigenvalue weighted by atomic mass is 10.0. The Morgan fingerprint density at radius 1 is 1.18 bits per heavy atom. The Kier molecular flexibility index (Phi) is 6.52. The highest BCUT2D eigenvalue weighted by atomic mass is 35.5. The topological polar surface area (TPSA) is 86.4 Å². The Morgan fingerprint density at radius 3 is 2.65 bits per heavy atom. The van der Waals surface area contributed by atoms with Crippen molar-refractivity contribution in [3.05, 3.63) is 91.6 Å². The molecule has 1 N–H and O–H groups in total. The molecule has 1 atom stereocenters. The fourth-order valence-electron chi connectivity index (χ4n) is 4.18. The quantitative estimate of drug-likeness (QED) is 0.615. The average Bonchev–Trinajstić information content (AvgIpc) is 2.79. The molecular weight excluding hydrogens is 459 g/mol. The lowest BCUT2D eigenvalue weighted by Crippen LogP contribution is -2.57. The zero-order chi connectivity index (χ0) is 24.6. The van der Waals surface area contributed by atoms with Gasteiger partial charge in [0.15, 0.2) is 0 Å². The minimum absolute atomic E-state index is 0.104. The molecule has 2 aromatic carbocycles. The summed E-state index contributed by atoms with van der Waals surface area (Å²) in [5.41, 5.74) is 2.92. The average molecular weight is 483 g/mol. The predicted octanol–water partition coefficient (Wildman–Crippen LogP) is 3.65. The van der Waals surface area contributed by atoms with Crippen LogP contribution in [0.3, 0.4) is 0 Å². The van der Waals surface area contributed by atoms with Crippen molar-refractivity contribution < 1.29 is 14.0 Å². The smallest absolute Gasteiger partial charge is 0.267 e. The fourth-order valence-corrected chi connectivity index (χ4v) is 4.37. The van der Waals surface area contributed by atoms with Crippen molar-refractivity contribution in [2.24, 2.45) is 0 Å². The number of halogens is 2. The van der Waals surface area contributed by atoms with Gasteiger partial charge in [0.25, 0.3) is 11.5 Å². The van der Waals surface area contributed by atoms with Gasteiger partial charge in [0.05, 0.1) is 17.3 Å². The molecule has 3 aromatic rings. The van der Waals surface area contributed by atoms with Crippen molar-refractivity contribution in [1.29, 1.82) is 0 Å². The Hall–Kier alpha value is -3.52. The van der Waals surface area contributed by atoms with E-state index in [1.54, 1.807) is 49.1 Å². The summed E-state index contributed by atoms with van der Waals surface area (Å²) in [6.45, 7) is 5.42. The minimum atomic E-state index is -0.659. The maximum atomic E-state index is 14.7. The first kappa shape index (κ1) is 23.6. The maximum Gasteiger partial charge on any atom is 0.267 e. The van der Waals surface area contributed by atoms with Gasteiger partial charge < -0.3 is 9.80 Å². The van der Waals surface area contributed by atoms with Gasteiger partial charge in [-0.3, -0.25) is 14.4 Å². The first-order valence-corrected chi connectivity index (χ1v) is 11.2. The van der Waals surface area contributed by atoms with Crippen molar-refractivity contribution in [2.45, 2.75) is 33.2 Å². The van der Waals surface area contributed by atoms with E-state index >= 15 is 0 Å². The van der Waals surface area contributed by atoms with Crippen LogP contribution in [0.1, 0.15) is 39.7 Å². The van der Waals surface area contributed by atoms with E-state index in [2.05, 4.69) is 10.2 Å². The molecule has 1 aliphatic rings. The number of carbonyl (C=O) groups is 2. The van der Waals surface area contributed by atoms with Crippen LogP contribution in [0.5, 0.6) is 0 Å². The second-order valence-corrected chi connectivity index (χ2v) is 8.96. The Morgan fingerprint density at radius 2 is 1.94 bits per heavy atom. The van der Waals surface area contributed by atoms with Gasteiger partial charge in [-0.1, -0.05) is 23.7 Å². The van der Waals surface area contributed by atoms with Crippen LogP contribution in [-0.4, -0.2) is 46.0 Å². The number of benzene rings is 2. The molecule has 7 nitrogen and oxygen atoms in total. The summed E-state index contributed by atoms with van der Waals surface area (Å²) in [5.74, 6) is -1.48. The predicted molar refractivity (Wildman–Crippen MR) is 128 cm³/mol. The van der Waals surface area contributed by atoms with Gasteiger partial charge in [-0.05, 0) is 62.2 Å². The molecule has 2 heterocycles. The van der Waals surface area contributed by atoms with Gasteiger partial charge in [-0.25, -0.2) is 9.49 Å². The molecule has 4 rings (SSSR count). The molecule has 0 bridgehead atoms. The molecule has 9 heteroatoms. The van der Waals surface area contributed by atoms with Crippen LogP contribution in [0.25, 0.3) is 0 Å². The Labute approximate surface area is 201 Å². The molecule has 1 aliphatic heterocycles. The van der Waals surface area contributed by atoms with E-state index in [1.165, 1.54) is 17.0 Å². The third-order valence-electron chi connectivity index (χ3n) is 6.15. The Bertz CT molecular complexity index is 1340. The molecular formula is C25H24ClFN4O3. The SMILES string of the molecule is Cc1c(Cc2ccc(F)c(C(=O)N3CC(=O)N(c4cccc(Cl)c4)[C@H](C)C3)c2)n[nH]c(=O)c1C. The van der Waals surface area contributed by atoms with E-state index in [0.717, 1.165) is 5.56 Å². The zero-order valence-electron chi connectivity index (χ0n) is 19.1. The summed E-state index contributed by atoms with van der Waals surface area (Å²) < 4.78 is 14.7. The molecule has 0 unspecified atom stereocenters. The summed E-state index contributed by atoms with van der Waals surface area (Å²) in [6, 6.07) is 11.0. The molecule has 0 radical (unpaired) electrons. The van der Waals surface area contributed by atoms with E-state index in [9.17, 15) is 18.8 Å². The van der Waals surface area contributed by atoms with Gasteiger partial charge >= 0.3 is 0 Å². The van der Waals surface area contributed by atoms with Crippen molar-refractivity contribution in [2.75, 3.05) is 18.0 Å². The molecule has 0 saturated carbocycles. The first-order valence-electron chi connectivity index (χ1n) is 10.9. The Balaban J connectivity index is 1.56. The summed E-state index contributed by atoms with van der Waals surface area (Å²) in [7, 11) is 0. The summed E-state index contributed by atoms with van der Waals surface area (Å²) >= 11 is 6.07. The number of hydrogen-bond donors (Lipinski definition) is 1. The van der Waals surface area contributed by atoms with Gasteiger partial charge in [0, 0.05) is 29.2 Å².